The quantitative estimate of drug-likeness (QED) is 0.425. The van der Waals surface area contributed by atoms with Gasteiger partial charge in [0.05, 0.1) is 0 Å². The number of carbonyl (C=O) groups is 1. The van der Waals surface area contributed by atoms with Crippen molar-refractivity contribution in [2.24, 2.45) is 0 Å². The highest BCUT2D eigenvalue weighted by Gasteiger charge is 1.96. The van der Waals surface area contributed by atoms with Crippen molar-refractivity contribution in [3.63, 3.8) is 0 Å². The third-order valence-electron chi connectivity index (χ3n) is 2.01. The van der Waals surface area contributed by atoms with Gasteiger partial charge in [0, 0.05) is 6.42 Å². The Balaban J connectivity index is 3.08. The molecule has 0 atom stereocenters. The molecule has 0 saturated carbocycles. The summed E-state index contributed by atoms with van der Waals surface area (Å²) < 4.78 is 0. The minimum Gasteiger partial charge on any atom is -0.309 e. The maximum Gasteiger partial charge on any atom is 0.155 e. The van der Waals surface area contributed by atoms with E-state index in [4.69, 9.17) is 0 Å². The van der Waals surface area contributed by atoms with Gasteiger partial charge in [-0.25, -0.2) is 0 Å². The van der Waals surface area contributed by atoms with Gasteiger partial charge in [-0.2, -0.15) is 0 Å². The molecule has 0 aliphatic rings. The van der Waals surface area contributed by atoms with Gasteiger partial charge in [-0.05, 0) is 39.6 Å². The lowest BCUT2D eigenvalue weighted by molar-refractivity contribution is -0.114. The van der Waals surface area contributed by atoms with Crippen LogP contribution in [0.15, 0.2) is 12.7 Å². The molecule has 0 unspecified atom stereocenters. The van der Waals surface area contributed by atoms with E-state index in [2.05, 4.69) is 25.6 Å². The number of nitrogens with zero attached hydrogens (tertiary/aromatic N) is 1. The van der Waals surface area contributed by atoms with E-state index in [0.29, 0.717) is 6.42 Å². The van der Waals surface area contributed by atoms with Crippen LogP contribution < -0.4 is 0 Å². The largest absolute Gasteiger partial charge is 0.309 e. The van der Waals surface area contributed by atoms with E-state index in [-0.39, 0.29) is 5.78 Å². The molecule has 76 valence electrons. The van der Waals surface area contributed by atoms with E-state index >= 15 is 0 Å². The third-order valence-corrected chi connectivity index (χ3v) is 2.01. The zero-order chi connectivity index (χ0) is 10.1. The van der Waals surface area contributed by atoms with E-state index in [1.54, 1.807) is 0 Å². The molecule has 2 heteroatoms. The Labute approximate surface area is 81.6 Å². The standard InChI is InChI=1S/C11H21NO/c1-4-11(13)9-7-5-6-8-10-12(2)3/h4H,1,5-10H2,2-3H3. The molecule has 0 bridgehead atoms. The second-order valence-electron chi connectivity index (χ2n) is 3.64. The van der Waals surface area contributed by atoms with Gasteiger partial charge in [-0.1, -0.05) is 19.4 Å². The lowest BCUT2D eigenvalue weighted by atomic mass is 10.1. The summed E-state index contributed by atoms with van der Waals surface area (Å²) in [4.78, 5) is 13.0. The van der Waals surface area contributed by atoms with Crippen molar-refractivity contribution < 1.29 is 4.79 Å². The summed E-state index contributed by atoms with van der Waals surface area (Å²) in [6, 6.07) is 0. The highest BCUT2D eigenvalue weighted by atomic mass is 16.1. The lowest BCUT2D eigenvalue weighted by Gasteiger charge is -2.08. The summed E-state index contributed by atoms with van der Waals surface area (Å²) in [6.45, 7) is 4.59. The van der Waals surface area contributed by atoms with Gasteiger partial charge < -0.3 is 4.90 Å². The van der Waals surface area contributed by atoms with Gasteiger partial charge in [-0.15, -0.1) is 0 Å². The van der Waals surface area contributed by atoms with Crippen LogP contribution in [0.4, 0.5) is 0 Å². The van der Waals surface area contributed by atoms with Crippen LogP contribution in [0.3, 0.4) is 0 Å². The average Bonchev–Trinajstić information content (AvgIpc) is 2.10. The zero-order valence-corrected chi connectivity index (χ0v) is 8.88. The van der Waals surface area contributed by atoms with Crippen molar-refractivity contribution in [1.29, 1.82) is 0 Å². The molecule has 0 radical (unpaired) electrons. The van der Waals surface area contributed by atoms with Crippen LogP contribution in [-0.4, -0.2) is 31.3 Å². The first-order chi connectivity index (χ1) is 6.16. The first-order valence-electron chi connectivity index (χ1n) is 4.97. The van der Waals surface area contributed by atoms with E-state index < -0.39 is 0 Å². The highest BCUT2D eigenvalue weighted by molar-refractivity contribution is 5.88. The molecular formula is C11H21NO. The van der Waals surface area contributed by atoms with Gasteiger partial charge in [0.2, 0.25) is 0 Å². The minimum absolute atomic E-state index is 0.174. The molecule has 0 N–H and O–H groups in total. The maximum atomic E-state index is 10.8. The fourth-order valence-electron chi connectivity index (χ4n) is 1.18. The van der Waals surface area contributed by atoms with Crippen LogP contribution in [-0.2, 0) is 4.79 Å². The lowest BCUT2D eigenvalue weighted by Crippen LogP contribution is -2.12. The highest BCUT2D eigenvalue weighted by Crippen LogP contribution is 2.03. The molecular weight excluding hydrogens is 162 g/mol. The summed E-state index contributed by atoms with van der Waals surface area (Å²) in [6.07, 6.45) is 6.72. The van der Waals surface area contributed by atoms with Crippen molar-refractivity contribution in [2.75, 3.05) is 20.6 Å². The van der Waals surface area contributed by atoms with Crippen LogP contribution in [0.2, 0.25) is 0 Å². The Bertz CT molecular complexity index is 152. The maximum absolute atomic E-state index is 10.8. The Morgan fingerprint density at radius 2 is 1.85 bits per heavy atom. The molecule has 0 aliphatic heterocycles. The number of ketones is 1. The fourth-order valence-corrected chi connectivity index (χ4v) is 1.18. The predicted molar refractivity (Wildman–Crippen MR) is 56.8 cm³/mol. The topological polar surface area (TPSA) is 20.3 Å². The molecule has 0 aromatic heterocycles. The summed E-state index contributed by atoms with van der Waals surface area (Å²) in [5.41, 5.74) is 0. The number of rotatable bonds is 8. The van der Waals surface area contributed by atoms with Gasteiger partial charge in [0.15, 0.2) is 5.78 Å². The number of carbonyl (C=O) groups excluding carboxylic acids is 1. The van der Waals surface area contributed by atoms with Gasteiger partial charge >= 0.3 is 0 Å². The Morgan fingerprint density at radius 1 is 1.23 bits per heavy atom. The van der Waals surface area contributed by atoms with Crippen molar-refractivity contribution >= 4 is 5.78 Å². The van der Waals surface area contributed by atoms with Crippen LogP contribution in [0.25, 0.3) is 0 Å². The molecule has 0 fully saturated rings. The van der Waals surface area contributed by atoms with Crippen molar-refractivity contribution in [3.8, 4) is 0 Å². The van der Waals surface area contributed by atoms with Crippen LogP contribution >= 0.6 is 0 Å². The SMILES string of the molecule is C=CC(=O)CCCCCCN(C)C. The third kappa shape index (κ3) is 9.28. The molecule has 0 aliphatic carbocycles. The summed E-state index contributed by atoms with van der Waals surface area (Å²) in [5.74, 6) is 0.174. The number of hydrogen-bond acceptors (Lipinski definition) is 2. The monoisotopic (exact) mass is 183 g/mol. The molecule has 13 heavy (non-hydrogen) atoms. The summed E-state index contributed by atoms with van der Waals surface area (Å²) in [5, 5.41) is 0. The van der Waals surface area contributed by atoms with E-state index in [1.807, 2.05) is 0 Å². The molecule has 0 heterocycles. The smallest absolute Gasteiger partial charge is 0.155 e. The molecule has 0 aromatic rings. The van der Waals surface area contributed by atoms with Crippen LogP contribution in [0.5, 0.6) is 0 Å². The molecule has 0 spiro atoms. The predicted octanol–water partition coefficient (Wildman–Crippen LogP) is 2.25. The summed E-state index contributed by atoms with van der Waals surface area (Å²) in [7, 11) is 4.17. The second kappa shape index (κ2) is 7.99. The minimum atomic E-state index is 0.174. The van der Waals surface area contributed by atoms with Crippen LogP contribution in [0, 0.1) is 0 Å². The number of allylic oxidation sites excluding steroid dienone is 1. The van der Waals surface area contributed by atoms with Crippen molar-refractivity contribution in [3.05, 3.63) is 12.7 Å². The first-order valence-corrected chi connectivity index (χ1v) is 4.97. The molecule has 2 nitrogen and oxygen atoms in total. The van der Waals surface area contributed by atoms with Crippen molar-refractivity contribution in [2.45, 2.75) is 32.1 Å². The van der Waals surface area contributed by atoms with Gasteiger partial charge in [0.25, 0.3) is 0 Å². The normalized spacial score (nSPS) is 10.4. The van der Waals surface area contributed by atoms with Gasteiger partial charge in [-0.3, -0.25) is 4.79 Å². The van der Waals surface area contributed by atoms with Crippen LogP contribution in [0.1, 0.15) is 32.1 Å². The fraction of sp³-hybridized carbons (Fsp3) is 0.727. The first kappa shape index (κ1) is 12.4. The molecule has 0 amide bonds. The number of hydrogen-bond donors (Lipinski definition) is 0. The van der Waals surface area contributed by atoms with Crippen molar-refractivity contribution in [1.82, 2.24) is 4.90 Å². The molecule has 0 saturated heterocycles. The average molecular weight is 183 g/mol. The molecule has 0 aromatic carbocycles. The zero-order valence-electron chi connectivity index (χ0n) is 8.88. The Hall–Kier alpha value is -0.630. The molecule has 0 rings (SSSR count). The van der Waals surface area contributed by atoms with E-state index in [9.17, 15) is 4.79 Å². The second-order valence-corrected chi connectivity index (χ2v) is 3.64. The van der Waals surface area contributed by atoms with E-state index in [1.165, 1.54) is 18.9 Å². The number of unbranched alkanes of at least 4 members (excludes halogenated alkanes) is 3. The van der Waals surface area contributed by atoms with Gasteiger partial charge in [0.1, 0.15) is 0 Å². The van der Waals surface area contributed by atoms with E-state index in [0.717, 1.165) is 19.4 Å². The Kier molecular flexibility index (Phi) is 7.60. The Morgan fingerprint density at radius 3 is 2.38 bits per heavy atom. The summed E-state index contributed by atoms with van der Waals surface area (Å²) >= 11 is 0.